The molecule has 0 atom stereocenters. The van der Waals surface area contributed by atoms with Crippen LogP contribution in [0.25, 0.3) is 21.8 Å². The van der Waals surface area contributed by atoms with E-state index in [2.05, 4.69) is 25.4 Å². The van der Waals surface area contributed by atoms with E-state index in [1.165, 1.54) is 17.2 Å². The number of aldehydes is 1. The highest BCUT2D eigenvalue weighted by atomic mass is 16.5. The van der Waals surface area contributed by atoms with Gasteiger partial charge in [0, 0.05) is 33.9 Å². The molecule has 3 aromatic heterocycles. The highest BCUT2D eigenvalue weighted by molar-refractivity contribution is 6.01. The molecule has 11 nitrogen and oxygen atoms in total. The number of hydrogen-bond acceptors (Lipinski definition) is 8. The molecule has 3 heterocycles. The molecule has 2 aromatic carbocycles. The van der Waals surface area contributed by atoms with Crippen LogP contribution in [0.3, 0.4) is 0 Å². The summed E-state index contributed by atoms with van der Waals surface area (Å²) in [5.74, 6) is 1.49. The Kier molecular flexibility index (Phi) is 5.95. The lowest BCUT2D eigenvalue weighted by molar-refractivity contribution is -0.116. The molecule has 0 aliphatic carbocycles. The molecular weight excluding hydrogens is 464 g/mol. The molecule has 0 radical (unpaired) electrons. The summed E-state index contributed by atoms with van der Waals surface area (Å²) in [6.45, 7) is 1.79. The first-order valence-electron chi connectivity index (χ1n) is 10.9. The van der Waals surface area contributed by atoms with Crippen molar-refractivity contribution in [3.63, 3.8) is 0 Å². The van der Waals surface area contributed by atoms with E-state index in [1.54, 1.807) is 44.7 Å². The van der Waals surface area contributed by atoms with Gasteiger partial charge in [0.2, 0.25) is 11.8 Å². The largest absolute Gasteiger partial charge is 0.493 e. The summed E-state index contributed by atoms with van der Waals surface area (Å²) in [5.41, 5.74) is 3.38. The summed E-state index contributed by atoms with van der Waals surface area (Å²) in [7, 11) is 3.09. The standard InChI is InChI=1S/C25H22N6O5/c1-14-19(12-32)17-6-15(4-5-20(17)29-14)30-24(33)11-31-10-16(9-28-31)36-25-18-7-22(34-2)23(35-3)8-21(18)26-13-27-25/h4-10,12-13,29H,11H2,1-3H3,(H,30,33). The van der Waals surface area contributed by atoms with Gasteiger partial charge in [-0.3, -0.25) is 14.3 Å². The number of fused-ring (bicyclic) bond motifs is 2. The molecule has 36 heavy (non-hydrogen) atoms. The number of rotatable bonds is 8. The van der Waals surface area contributed by atoms with Crippen LogP contribution < -0.4 is 19.5 Å². The van der Waals surface area contributed by atoms with Gasteiger partial charge in [-0.2, -0.15) is 5.10 Å². The molecule has 2 N–H and O–H groups in total. The predicted octanol–water partition coefficient (Wildman–Crippen LogP) is 3.88. The lowest BCUT2D eigenvalue weighted by Gasteiger charge is -2.10. The Morgan fingerprint density at radius 1 is 1.11 bits per heavy atom. The maximum absolute atomic E-state index is 12.6. The van der Waals surface area contributed by atoms with Gasteiger partial charge in [-0.05, 0) is 31.2 Å². The zero-order valence-electron chi connectivity index (χ0n) is 19.7. The number of methoxy groups -OCH3 is 2. The van der Waals surface area contributed by atoms with Crippen molar-refractivity contribution < 1.29 is 23.8 Å². The molecule has 0 saturated heterocycles. The van der Waals surface area contributed by atoms with E-state index in [4.69, 9.17) is 14.2 Å². The van der Waals surface area contributed by atoms with Crippen molar-refractivity contribution in [3.8, 4) is 23.1 Å². The molecule has 11 heteroatoms. The van der Waals surface area contributed by atoms with Crippen LogP contribution in [0.1, 0.15) is 16.1 Å². The second kappa shape index (κ2) is 9.37. The zero-order chi connectivity index (χ0) is 25.2. The quantitative estimate of drug-likeness (QED) is 0.316. The SMILES string of the molecule is COc1cc2ncnc(Oc3cnn(CC(=O)Nc4ccc5[nH]c(C)c(C=O)c5c4)c3)c2cc1OC. The number of carbonyl (C=O) groups is 2. The fourth-order valence-electron chi connectivity index (χ4n) is 3.96. The van der Waals surface area contributed by atoms with Crippen LogP contribution in [0.15, 0.2) is 49.1 Å². The first kappa shape index (κ1) is 22.8. The second-order valence-electron chi connectivity index (χ2n) is 7.97. The van der Waals surface area contributed by atoms with Crippen LogP contribution >= 0.6 is 0 Å². The Labute approximate surface area is 205 Å². The number of hydrogen-bond donors (Lipinski definition) is 2. The van der Waals surface area contributed by atoms with Crippen LogP contribution in [-0.4, -0.2) is 51.1 Å². The summed E-state index contributed by atoms with van der Waals surface area (Å²) >= 11 is 0. The zero-order valence-corrected chi connectivity index (χ0v) is 19.7. The van der Waals surface area contributed by atoms with Gasteiger partial charge in [-0.25, -0.2) is 9.97 Å². The van der Waals surface area contributed by atoms with Crippen LogP contribution in [0.2, 0.25) is 0 Å². The summed E-state index contributed by atoms with van der Waals surface area (Å²) in [5, 5.41) is 8.42. The summed E-state index contributed by atoms with van der Waals surface area (Å²) in [4.78, 5) is 35.6. The molecular formula is C25H22N6O5. The summed E-state index contributed by atoms with van der Waals surface area (Å²) in [6, 6.07) is 8.83. The Balaban J connectivity index is 1.30. The van der Waals surface area contributed by atoms with Crippen molar-refractivity contribution in [1.82, 2.24) is 24.7 Å². The average molecular weight is 486 g/mol. The minimum Gasteiger partial charge on any atom is -0.493 e. The van der Waals surface area contributed by atoms with Crippen molar-refractivity contribution in [2.24, 2.45) is 0 Å². The Bertz CT molecular complexity index is 1610. The highest BCUT2D eigenvalue weighted by Crippen LogP contribution is 2.35. The van der Waals surface area contributed by atoms with Gasteiger partial charge in [0.1, 0.15) is 12.9 Å². The number of aromatic amines is 1. The van der Waals surface area contributed by atoms with Crippen molar-refractivity contribution in [2.45, 2.75) is 13.5 Å². The lowest BCUT2D eigenvalue weighted by Crippen LogP contribution is -2.18. The second-order valence-corrected chi connectivity index (χ2v) is 7.97. The van der Waals surface area contributed by atoms with Gasteiger partial charge in [0.05, 0.1) is 37.5 Å². The van der Waals surface area contributed by atoms with E-state index in [0.717, 1.165) is 22.9 Å². The van der Waals surface area contributed by atoms with Crippen molar-refractivity contribution >= 4 is 39.7 Å². The van der Waals surface area contributed by atoms with Gasteiger partial charge >= 0.3 is 0 Å². The maximum atomic E-state index is 12.6. The number of anilines is 1. The summed E-state index contributed by atoms with van der Waals surface area (Å²) in [6.07, 6.45) is 5.28. The van der Waals surface area contributed by atoms with E-state index < -0.39 is 0 Å². The molecule has 5 aromatic rings. The molecule has 1 amide bonds. The minimum absolute atomic E-state index is 0.0381. The van der Waals surface area contributed by atoms with Gasteiger partial charge in [0.25, 0.3) is 0 Å². The fourth-order valence-corrected chi connectivity index (χ4v) is 3.96. The van der Waals surface area contributed by atoms with E-state index >= 15 is 0 Å². The average Bonchev–Trinajstić information content (AvgIpc) is 3.45. The Hall–Kier alpha value is -4.93. The van der Waals surface area contributed by atoms with Gasteiger partial charge < -0.3 is 24.5 Å². The van der Waals surface area contributed by atoms with E-state index in [9.17, 15) is 9.59 Å². The molecule has 0 spiro atoms. The van der Waals surface area contributed by atoms with Gasteiger partial charge in [0.15, 0.2) is 23.5 Å². The number of ether oxygens (including phenoxy) is 3. The monoisotopic (exact) mass is 486 g/mol. The highest BCUT2D eigenvalue weighted by Gasteiger charge is 2.14. The maximum Gasteiger partial charge on any atom is 0.246 e. The smallest absolute Gasteiger partial charge is 0.246 e. The molecule has 5 rings (SSSR count). The minimum atomic E-state index is -0.284. The lowest BCUT2D eigenvalue weighted by atomic mass is 10.1. The number of nitrogens with one attached hydrogen (secondary N) is 2. The van der Waals surface area contributed by atoms with Crippen LogP contribution in [0.4, 0.5) is 5.69 Å². The van der Waals surface area contributed by atoms with E-state index in [1.807, 2.05) is 13.0 Å². The van der Waals surface area contributed by atoms with Crippen molar-refractivity contribution in [3.05, 3.63) is 60.3 Å². The van der Waals surface area contributed by atoms with Crippen molar-refractivity contribution in [1.29, 1.82) is 0 Å². The molecule has 0 fully saturated rings. The van der Waals surface area contributed by atoms with Crippen LogP contribution in [0, 0.1) is 6.92 Å². The number of carbonyl (C=O) groups excluding carboxylic acids is 2. The molecule has 0 aliphatic heterocycles. The number of H-pyrrole nitrogens is 1. The predicted molar refractivity (Wildman–Crippen MR) is 132 cm³/mol. The third-order valence-corrected chi connectivity index (χ3v) is 5.67. The Morgan fingerprint density at radius 2 is 1.92 bits per heavy atom. The molecule has 0 saturated carbocycles. The van der Waals surface area contributed by atoms with E-state index in [0.29, 0.717) is 45.3 Å². The molecule has 0 bridgehead atoms. The fraction of sp³-hybridized carbons (Fsp3) is 0.160. The van der Waals surface area contributed by atoms with Crippen LogP contribution in [-0.2, 0) is 11.3 Å². The number of nitrogens with zero attached hydrogens (tertiary/aromatic N) is 4. The molecule has 0 unspecified atom stereocenters. The number of amides is 1. The summed E-state index contributed by atoms with van der Waals surface area (Å²) < 4.78 is 18.1. The number of benzene rings is 2. The molecule has 0 aliphatic rings. The third kappa shape index (κ3) is 4.29. The number of aromatic nitrogens is 5. The first-order chi connectivity index (χ1) is 17.5. The van der Waals surface area contributed by atoms with Gasteiger partial charge in [-0.1, -0.05) is 0 Å². The van der Waals surface area contributed by atoms with Gasteiger partial charge in [-0.15, -0.1) is 0 Å². The third-order valence-electron chi connectivity index (χ3n) is 5.67. The number of aryl methyl sites for hydroxylation is 1. The van der Waals surface area contributed by atoms with E-state index in [-0.39, 0.29) is 12.5 Å². The first-order valence-corrected chi connectivity index (χ1v) is 10.9. The topological polar surface area (TPSA) is 133 Å². The van der Waals surface area contributed by atoms with Crippen molar-refractivity contribution in [2.75, 3.05) is 19.5 Å². The normalized spacial score (nSPS) is 11.0. The van der Waals surface area contributed by atoms with Crippen LogP contribution in [0.5, 0.6) is 23.1 Å². The molecule has 182 valence electrons. The Morgan fingerprint density at radius 3 is 2.69 bits per heavy atom.